The molecule has 58 valence electrons. The number of hydrogen-bond acceptors (Lipinski definition) is 4. The van der Waals surface area contributed by atoms with E-state index in [0.717, 1.165) is 0 Å². The highest BCUT2D eigenvalue weighted by molar-refractivity contribution is 4.86. The summed E-state index contributed by atoms with van der Waals surface area (Å²) in [5, 5.41) is 18.4. The second kappa shape index (κ2) is 2.17. The third-order valence-corrected chi connectivity index (χ3v) is 1.98. The van der Waals surface area contributed by atoms with Gasteiger partial charge in [0.2, 0.25) is 0 Å². The van der Waals surface area contributed by atoms with Crippen LogP contribution >= 0.6 is 0 Å². The fourth-order valence-electron chi connectivity index (χ4n) is 1.36. The SMILES string of the molecule is OC1CC2OCC(O2)C1O. The molecule has 0 aromatic heterocycles. The molecule has 2 aliphatic heterocycles. The molecule has 2 rings (SSSR count). The van der Waals surface area contributed by atoms with Crippen LogP contribution in [0.4, 0.5) is 0 Å². The molecule has 4 heteroatoms. The van der Waals surface area contributed by atoms with Crippen LogP contribution in [0.25, 0.3) is 0 Å². The highest BCUT2D eigenvalue weighted by atomic mass is 16.7. The Morgan fingerprint density at radius 1 is 1.30 bits per heavy atom. The van der Waals surface area contributed by atoms with E-state index >= 15 is 0 Å². The summed E-state index contributed by atoms with van der Waals surface area (Å²) >= 11 is 0. The van der Waals surface area contributed by atoms with Crippen LogP contribution < -0.4 is 0 Å². The first-order chi connectivity index (χ1) is 4.77. The Balaban J connectivity index is 2.09. The predicted octanol–water partition coefficient (Wildman–Crippen LogP) is -1.15. The third-order valence-electron chi connectivity index (χ3n) is 1.98. The zero-order valence-electron chi connectivity index (χ0n) is 5.43. The van der Waals surface area contributed by atoms with Crippen molar-refractivity contribution in [1.82, 2.24) is 0 Å². The van der Waals surface area contributed by atoms with E-state index in [4.69, 9.17) is 14.6 Å². The smallest absolute Gasteiger partial charge is 0.160 e. The van der Waals surface area contributed by atoms with Gasteiger partial charge in [-0.3, -0.25) is 0 Å². The second-order valence-electron chi connectivity index (χ2n) is 2.73. The molecule has 10 heavy (non-hydrogen) atoms. The van der Waals surface area contributed by atoms with Crippen LogP contribution in [0.15, 0.2) is 0 Å². The highest BCUT2D eigenvalue weighted by Gasteiger charge is 2.42. The van der Waals surface area contributed by atoms with Gasteiger partial charge < -0.3 is 19.7 Å². The summed E-state index contributed by atoms with van der Waals surface area (Å²) in [7, 11) is 0. The van der Waals surface area contributed by atoms with Crippen molar-refractivity contribution in [2.24, 2.45) is 0 Å². The van der Waals surface area contributed by atoms with Gasteiger partial charge in [-0.05, 0) is 0 Å². The fraction of sp³-hybridized carbons (Fsp3) is 1.00. The molecule has 0 radical (unpaired) electrons. The Morgan fingerprint density at radius 2 is 2.10 bits per heavy atom. The molecular formula is C6H10O4. The quantitative estimate of drug-likeness (QED) is 0.453. The molecule has 0 spiro atoms. The third kappa shape index (κ3) is 0.845. The molecule has 0 amide bonds. The van der Waals surface area contributed by atoms with Gasteiger partial charge in [0.1, 0.15) is 12.2 Å². The van der Waals surface area contributed by atoms with Crippen molar-refractivity contribution in [1.29, 1.82) is 0 Å². The van der Waals surface area contributed by atoms with Crippen LogP contribution in [-0.4, -0.2) is 41.4 Å². The number of rotatable bonds is 0. The lowest BCUT2D eigenvalue weighted by molar-refractivity contribution is -0.165. The van der Waals surface area contributed by atoms with E-state index in [1.54, 1.807) is 0 Å². The molecule has 4 nitrogen and oxygen atoms in total. The maximum atomic E-state index is 9.21. The zero-order chi connectivity index (χ0) is 7.14. The summed E-state index contributed by atoms with van der Waals surface area (Å²) in [5.74, 6) is 0. The van der Waals surface area contributed by atoms with Gasteiger partial charge in [-0.1, -0.05) is 0 Å². The van der Waals surface area contributed by atoms with E-state index < -0.39 is 12.2 Å². The van der Waals surface area contributed by atoms with E-state index in [2.05, 4.69) is 0 Å². The van der Waals surface area contributed by atoms with Gasteiger partial charge in [0.05, 0.1) is 12.7 Å². The average Bonchev–Trinajstić information content (AvgIpc) is 2.29. The normalized spacial score (nSPS) is 53.4. The minimum atomic E-state index is -0.765. The molecule has 2 heterocycles. The Kier molecular flexibility index (Phi) is 1.42. The van der Waals surface area contributed by atoms with Crippen LogP contribution in [0.5, 0.6) is 0 Å². The van der Waals surface area contributed by atoms with Gasteiger partial charge in [0.15, 0.2) is 6.29 Å². The van der Waals surface area contributed by atoms with E-state index in [1.807, 2.05) is 0 Å². The van der Waals surface area contributed by atoms with Crippen molar-refractivity contribution < 1.29 is 19.7 Å². The van der Waals surface area contributed by atoms with Crippen molar-refractivity contribution in [2.75, 3.05) is 6.61 Å². The van der Waals surface area contributed by atoms with E-state index in [9.17, 15) is 5.11 Å². The van der Waals surface area contributed by atoms with Crippen LogP contribution in [-0.2, 0) is 9.47 Å². The number of fused-ring (bicyclic) bond motifs is 2. The monoisotopic (exact) mass is 146 g/mol. The molecule has 2 bridgehead atoms. The summed E-state index contributed by atoms with van der Waals surface area (Å²) < 4.78 is 10.2. The van der Waals surface area contributed by atoms with Gasteiger partial charge in [-0.2, -0.15) is 0 Å². The van der Waals surface area contributed by atoms with E-state index in [-0.39, 0.29) is 12.4 Å². The first kappa shape index (κ1) is 6.54. The van der Waals surface area contributed by atoms with Crippen LogP contribution in [0.3, 0.4) is 0 Å². The molecular weight excluding hydrogens is 136 g/mol. The Hall–Kier alpha value is -0.160. The number of hydrogen-bond donors (Lipinski definition) is 2. The molecule has 0 aliphatic carbocycles. The molecule has 0 aromatic carbocycles. The Labute approximate surface area is 58.4 Å². The maximum Gasteiger partial charge on any atom is 0.160 e. The van der Waals surface area contributed by atoms with Gasteiger partial charge >= 0.3 is 0 Å². The average molecular weight is 146 g/mol. The summed E-state index contributed by atoms with van der Waals surface area (Å²) in [6.45, 7) is 0.406. The van der Waals surface area contributed by atoms with Crippen LogP contribution in [0.1, 0.15) is 6.42 Å². The first-order valence-corrected chi connectivity index (χ1v) is 3.40. The summed E-state index contributed by atoms with van der Waals surface area (Å²) in [6, 6.07) is 0. The molecule has 0 aromatic rings. The van der Waals surface area contributed by atoms with Crippen molar-refractivity contribution in [3.63, 3.8) is 0 Å². The van der Waals surface area contributed by atoms with Crippen molar-refractivity contribution in [3.05, 3.63) is 0 Å². The second-order valence-corrected chi connectivity index (χ2v) is 2.73. The van der Waals surface area contributed by atoms with Crippen molar-refractivity contribution >= 4 is 0 Å². The predicted molar refractivity (Wildman–Crippen MR) is 31.2 cm³/mol. The van der Waals surface area contributed by atoms with Gasteiger partial charge in [-0.15, -0.1) is 0 Å². The van der Waals surface area contributed by atoms with Crippen molar-refractivity contribution in [2.45, 2.75) is 31.0 Å². The topological polar surface area (TPSA) is 58.9 Å². The van der Waals surface area contributed by atoms with Crippen LogP contribution in [0.2, 0.25) is 0 Å². The minimum absolute atomic E-state index is 0.289. The fourth-order valence-corrected chi connectivity index (χ4v) is 1.36. The molecule has 2 saturated heterocycles. The Morgan fingerprint density at radius 3 is 2.90 bits per heavy atom. The highest BCUT2D eigenvalue weighted by Crippen LogP contribution is 2.26. The number of aliphatic hydroxyl groups is 2. The maximum absolute atomic E-state index is 9.21. The van der Waals surface area contributed by atoms with Gasteiger partial charge in [0, 0.05) is 6.42 Å². The number of ether oxygens (including phenoxy) is 2. The molecule has 2 N–H and O–H groups in total. The molecule has 0 saturated carbocycles. The lowest BCUT2D eigenvalue weighted by atomic mass is 10.0. The van der Waals surface area contributed by atoms with Crippen LogP contribution in [0, 0.1) is 0 Å². The lowest BCUT2D eigenvalue weighted by Gasteiger charge is -2.27. The largest absolute Gasteiger partial charge is 0.390 e. The summed E-state index contributed by atoms with van der Waals surface area (Å²) in [4.78, 5) is 0. The standard InChI is InChI=1S/C6H10O4/c7-3-1-5-9-2-4(10-5)6(3)8/h3-8H,1-2H2. The molecule has 4 atom stereocenters. The molecule has 4 unspecified atom stereocenters. The molecule has 2 aliphatic rings. The first-order valence-electron chi connectivity index (χ1n) is 3.40. The lowest BCUT2D eigenvalue weighted by Crippen LogP contribution is -2.44. The van der Waals surface area contributed by atoms with E-state index in [1.165, 1.54) is 0 Å². The van der Waals surface area contributed by atoms with Gasteiger partial charge in [-0.25, -0.2) is 0 Å². The summed E-state index contributed by atoms with van der Waals surface area (Å²) in [6.07, 6.45) is -1.65. The number of aliphatic hydroxyl groups excluding tert-OH is 2. The zero-order valence-corrected chi connectivity index (χ0v) is 5.43. The molecule has 2 fully saturated rings. The Bertz CT molecular complexity index is 138. The van der Waals surface area contributed by atoms with Gasteiger partial charge in [0.25, 0.3) is 0 Å². The minimum Gasteiger partial charge on any atom is -0.390 e. The van der Waals surface area contributed by atoms with Crippen molar-refractivity contribution in [3.8, 4) is 0 Å². The summed E-state index contributed by atoms with van der Waals surface area (Å²) in [5.41, 5.74) is 0. The van der Waals surface area contributed by atoms with E-state index in [0.29, 0.717) is 13.0 Å².